The van der Waals surface area contributed by atoms with E-state index in [0.29, 0.717) is 23.7 Å². The van der Waals surface area contributed by atoms with E-state index in [4.69, 9.17) is 0 Å². The maximum atomic E-state index is 14.1. The van der Waals surface area contributed by atoms with Crippen molar-refractivity contribution < 1.29 is 9.18 Å². The summed E-state index contributed by atoms with van der Waals surface area (Å²) >= 11 is 0. The summed E-state index contributed by atoms with van der Waals surface area (Å²) in [6.07, 6.45) is 11.4. The normalized spacial score (nSPS) is 17.1. The highest BCUT2D eigenvalue weighted by atomic mass is 19.1. The van der Waals surface area contributed by atoms with Gasteiger partial charge in [0.25, 0.3) is 0 Å². The minimum Gasteiger partial charge on any atom is -0.326 e. The summed E-state index contributed by atoms with van der Waals surface area (Å²) < 4.78 is 15.6. The van der Waals surface area contributed by atoms with Gasteiger partial charge in [0, 0.05) is 24.5 Å². The number of carbonyl (C=O) groups excluding carboxylic acids is 1. The van der Waals surface area contributed by atoms with E-state index in [1.54, 1.807) is 29.1 Å². The van der Waals surface area contributed by atoms with Gasteiger partial charge in [-0.05, 0) is 37.0 Å². The number of carbonyl (C=O) groups is 1. The van der Waals surface area contributed by atoms with Gasteiger partial charge in [0.05, 0.1) is 12.0 Å². The number of hydrogen-bond donors (Lipinski definition) is 1. The van der Waals surface area contributed by atoms with E-state index in [0.717, 1.165) is 12.8 Å². The number of anilines is 1. The first kappa shape index (κ1) is 13.5. The van der Waals surface area contributed by atoms with Crippen LogP contribution >= 0.6 is 0 Å². The molecule has 3 rings (SSSR count). The van der Waals surface area contributed by atoms with Crippen molar-refractivity contribution in [3.05, 3.63) is 54.9 Å². The molecule has 0 unspecified atom stereocenters. The Morgan fingerprint density at radius 3 is 3.05 bits per heavy atom. The van der Waals surface area contributed by atoms with E-state index < -0.39 is 5.82 Å². The zero-order valence-corrected chi connectivity index (χ0v) is 11.5. The number of imidazole rings is 1. The van der Waals surface area contributed by atoms with E-state index in [1.807, 2.05) is 0 Å². The van der Waals surface area contributed by atoms with Gasteiger partial charge >= 0.3 is 0 Å². The van der Waals surface area contributed by atoms with Crippen molar-refractivity contribution in [3.8, 4) is 5.69 Å². The molecule has 21 heavy (non-hydrogen) atoms. The van der Waals surface area contributed by atoms with Crippen LogP contribution in [-0.4, -0.2) is 15.5 Å². The molecule has 1 atom stereocenters. The smallest absolute Gasteiger partial charge is 0.224 e. The van der Waals surface area contributed by atoms with Gasteiger partial charge in [0.15, 0.2) is 0 Å². The molecule has 2 aromatic rings. The summed E-state index contributed by atoms with van der Waals surface area (Å²) in [6.45, 7) is 0. The Bertz CT molecular complexity index is 664. The molecule has 0 fully saturated rings. The number of rotatable bonds is 4. The van der Waals surface area contributed by atoms with Gasteiger partial charge in [-0.1, -0.05) is 12.2 Å². The lowest BCUT2D eigenvalue weighted by Crippen LogP contribution is -2.15. The van der Waals surface area contributed by atoms with Crippen molar-refractivity contribution >= 4 is 11.6 Å². The van der Waals surface area contributed by atoms with Gasteiger partial charge in [0.1, 0.15) is 5.82 Å². The maximum absolute atomic E-state index is 14.1. The van der Waals surface area contributed by atoms with Crippen molar-refractivity contribution in [2.24, 2.45) is 5.92 Å². The average Bonchev–Trinajstić information content (AvgIpc) is 3.11. The lowest BCUT2D eigenvalue weighted by atomic mass is 10.1. The molecule has 1 aliphatic rings. The number of benzene rings is 1. The first-order valence-electron chi connectivity index (χ1n) is 6.97. The lowest BCUT2D eigenvalue weighted by molar-refractivity contribution is -0.116. The molecule has 0 saturated heterocycles. The van der Waals surface area contributed by atoms with Crippen LogP contribution in [0.15, 0.2) is 49.1 Å². The Hall–Kier alpha value is -2.43. The van der Waals surface area contributed by atoms with E-state index in [9.17, 15) is 9.18 Å². The van der Waals surface area contributed by atoms with E-state index in [1.165, 1.54) is 12.4 Å². The molecule has 0 spiro atoms. The SMILES string of the molecule is O=C(C[C@H]1C=CCC1)Nc1ccc(-n2ccnc2)c(F)c1. The molecule has 1 N–H and O–H groups in total. The fraction of sp³-hybridized carbons (Fsp3) is 0.250. The first-order chi connectivity index (χ1) is 10.2. The van der Waals surface area contributed by atoms with Crippen LogP contribution in [0, 0.1) is 11.7 Å². The van der Waals surface area contributed by atoms with Crippen molar-refractivity contribution in [1.29, 1.82) is 0 Å². The molecule has 5 heteroatoms. The molecule has 1 aliphatic carbocycles. The van der Waals surface area contributed by atoms with Crippen molar-refractivity contribution in [2.45, 2.75) is 19.3 Å². The highest BCUT2D eigenvalue weighted by Crippen LogP contribution is 2.22. The molecule has 0 bridgehead atoms. The summed E-state index contributed by atoms with van der Waals surface area (Å²) in [6, 6.07) is 4.65. The summed E-state index contributed by atoms with van der Waals surface area (Å²) in [4.78, 5) is 15.8. The van der Waals surface area contributed by atoms with E-state index in [2.05, 4.69) is 22.5 Å². The summed E-state index contributed by atoms with van der Waals surface area (Å²) in [5.74, 6) is -0.173. The maximum Gasteiger partial charge on any atom is 0.224 e. The molecule has 0 aliphatic heterocycles. The Labute approximate surface area is 122 Å². The molecule has 1 aromatic carbocycles. The second kappa shape index (κ2) is 5.91. The number of nitrogens with zero attached hydrogens (tertiary/aromatic N) is 2. The Morgan fingerprint density at radius 1 is 1.48 bits per heavy atom. The molecule has 1 amide bonds. The molecule has 1 heterocycles. The van der Waals surface area contributed by atoms with E-state index >= 15 is 0 Å². The monoisotopic (exact) mass is 285 g/mol. The van der Waals surface area contributed by atoms with Gasteiger partial charge in [-0.25, -0.2) is 9.37 Å². The number of hydrogen-bond acceptors (Lipinski definition) is 2. The van der Waals surface area contributed by atoms with Gasteiger partial charge in [-0.3, -0.25) is 4.79 Å². The van der Waals surface area contributed by atoms with Crippen LogP contribution in [0.1, 0.15) is 19.3 Å². The van der Waals surface area contributed by atoms with Crippen molar-refractivity contribution in [1.82, 2.24) is 9.55 Å². The standard InChI is InChI=1S/C16H16FN3O/c17-14-10-13(5-6-15(14)20-8-7-18-11-20)19-16(21)9-12-3-1-2-4-12/h1,3,5-8,10-12H,2,4,9H2,(H,19,21)/t12-/m0/s1. The third kappa shape index (κ3) is 3.18. The highest BCUT2D eigenvalue weighted by Gasteiger charge is 2.14. The second-order valence-electron chi connectivity index (χ2n) is 5.15. The molecule has 0 radical (unpaired) electrons. The van der Waals surface area contributed by atoms with Gasteiger partial charge in [-0.15, -0.1) is 0 Å². The molecule has 4 nitrogen and oxygen atoms in total. The second-order valence-corrected chi connectivity index (χ2v) is 5.15. The molecular formula is C16H16FN3O. The number of halogens is 1. The molecule has 0 saturated carbocycles. The Kier molecular flexibility index (Phi) is 3.81. The number of nitrogens with one attached hydrogen (secondary N) is 1. The zero-order valence-electron chi connectivity index (χ0n) is 11.5. The first-order valence-corrected chi connectivity index (χ1v) is 6.97. The topological polar surface area (TPSA) is 46.9 Å². The van der Waals surface area contributed by atoms with E-state index in [-0.39, 0.29) is 5.91 Å². The lowest BCUT2D eigenvalue weighted by Gasteiger charge is -2.10. The van der Waals surface area contributed by atoms with Crippen LogP contribution in [-0.2, 0) is 4.79 Å². The van der Waals surface area contributed by atoms with Crippen LogP contribution in [0.3, 0.4) is 0 Å². The van der Waals surface area contributed by atoms with Gasteiger partial charge in [-0.2, -0.15) is 0 Å². The fourth-order valence-corrected chi connectivity index (χ4v) is 2.51. The quantitative estimate of drug-likeness (QED) is 0.876. The predicted molar refractivity (Wildman–Crippen MR) is 78.6 cm³/mol. The minimum atomic E-state index is -0.397. The number of allylic oxidation sites excluding steroid dienone is 2. The summed E-state index contributed by atoms with van der Waals surface area (Å²) in [5.41, 5.74) is 0.882. The largest absolute Gasteiger partial charge is 0.326 e. The van der Waals surface area contributed by atoms with Crippen LogP contribution in [0.4, 0.5) is 10.1 Å². The van der Waals surface area contributed by atoms with Crippen LogP contribution in [0.25, 0.3) is 5.69 Å². The molecular weight excluding hydrogens is 269 g/mol. The van der Waals surface area contributed by atoms with Gasteiger partial charge in [0.2, 0.25) is 5.91 Å². The highest BCUT2D eigenvalue weighted by molar-refractivity contribution is 5.91. The molecule has 108 valence electrons. The average molecular weight is 285 g/mol. The predicted octanol–water partition coefficient (Wildman–Crippen LogP) is 3.31. The fourth-order valence-electron chi connectivity index (χ4n) is 2.51. The minimum absolute atomic E-state index is 0.0821. The van der Waals surface area contributed by atoms with Crippen LogP contribution < -0.4 is 5.32 Å². The number of amides is 1. The van der Waals surface area contributed by atoms with Crippen molar-refractivity contribution in [2.75, 3.05) is 5.32 Å². The van der Waals surface area contributed by atoms with Crippen LogP contribution in [0.5, 0.6) is 0 Å². The van der Waals surface area contributed by atoms with Crippen molar-refractivity contribution in [3.63, 3.8) is 0 Å². The summed E-state index contributed by atoms with van der Waals surface area (Å²) in [7, 11) is 0. The third-order valence-corrected chi connectivity index (χ3v) is 3.57. The molecule has 1 aromatic heterocycles. The Morgan fingerprint density at radius 2 is 2.38 bits per heavy atom. The zero-order chi connectivity index (χ0) is 14.7. The third-order valence-electron chi connectivity index (χ3n) is 3.57. The summed E-state index contributed by atoms with van der Waals surface area (Å²) in [5, 5.41) is 2.74. The number of aromatic nitrogens is 2. The van der Waals surface area contributed by atoms with Gasteiger partial charge < -0.3 is 9.88 Å². The Balaban J connectivity index is 1.67. The van der Waals surface area contributed by atoms with Crippen LogP contribution in [0.2, 0.25) is 0 Å².